The van der Waals surface area contributed by atoms with Crippen LogP contribution in [0.4, 0.5) is 4.39 Å². The van der Waals surface area contributed by atoms with E-state index in [0.29, 0.717) is 17.4 Å². The van der Waals surface area contributed by atoms with E-state index in [1.165, 1.54) is 0 Å². The number of rotatable bonds is 5. The number of hydrogen-bond acceptors (Lipinski definition) is 2. The second-order valence-corrected chi connectivity index (χ2v) is 5.17. The van der Waals surface area contributed by atoms with Gasteiger partial charge in [0.2, 0.25) is 0 Å². The van der Waals surface area contributed by atoms with Crippen molar-refractivity contribution in [1.82, 2.24) is 5.32 Å². The van der Waals surface area contributed by atoms with Gasteiger partial charge < -0.3 is 10.1 Å². The van der Waals surface area contributed by atoms with Crippen molar-refractivity contribution in [2.24, 2.45) is 0 Å². The highest BCUT2D eigenvalue weighted by Crippen LogP contribution is 2.26. The Hall–Kier alpha value is -1.87. The molecule has 0 saturated heterocycles. The van der Waals surface area contributed by atoms with Gasteiger partial charge in [0.05, 0.1) is 0 Å². The van der Waals surface area contributed by atoms with E-state index >= 15 is 0 Å². The zero-order chi connectivity index (χ0) is 14.5. The van der Waals surface area contributed by atoms with Crippen LogP contribution in [0.2, 0.25) is 0 Å². The number of aryl methyl sites for hydroxylation is 1. The minimum absolute atomic E-state index is 0.263. The molecular formula is C17H20FNO. The van der Waals surface area contributed by atoms with Gasteiger partial charge in [0.25, 0.3) is 0 Å². The average Bonchev–Trinajstić information content (AvgIpc) is 2.42. The topological polar surface area (TPSA) is 21.3 Å². The molecule has 106 valence electrons. The van der Waals surface area contributed by atoms with Crippen molar-refractivity contribution < 1.29 is 9.13 Å². The first-order chi connectivity index (χ1) is 9.56. The molecule has 0 unspecified atom stereocenters. The van der Waals surface area contributed by atoms with E-state index in [4.69, 9.17) is 4.74 Å². The van der Waals surface area contributed by atoms with E-state index in [2.05, 4.69) is 19.2 Å². The Morgan fingerprint density at radius 3 is 2.65 bits per heavy atom. The van der Waals surface area contributed by atoms with Crippen LogP contribution in [-0.2, 0) is 6.54 Å². The standard InChI is InChI=1S/C17H20FNO/c1-12(2)19-11-14-7-5-8-15(10-14)20-16-9-4-6-13(3)17(16)18/h4-10,12,19H,11H2,1-3H3. The molecule has 0 aliphatic heterocycles. The number of hydrogen-bond donors (Lipinski definition) is 1. The number of nitrogens with one attached hydrogen (secondary N) is 1. The largest absolute Gasteiger partial charge is 0.454 e. The van der Waals surface area contributed by atoms with Gasteiger partial charge in [-0.05, 0) is 36.2 Å². The van der Waals surface area contributed by atoms with E-state index in [1.54, 1.807) is 25.1 Å². The van der Waals surface area contributed by atoms with Crippen molar-refractivity contribution in [2.45, 2.75) is 33.4 Å². The van der Waals surface area contributed by atoms with Crippen LogP contribution in [0, 0.1) is 12.7 Å². The van der Waals surface area contributed by atoms with Crippen molar-refractivity contribution in [3.8, 4) is 11.5 Å². The number of halogens is 1. The smallest absolute Gasteiger partial charge is 0.168 e. The maximum atomic E-state index is 13.9. The SMILES string of the molecule is Cc1cccc(Oc2cccc(CNC(C)C)c2)c1F. The molecule has 2 rings (SSSR count). The predicted octanol–water partition coefficient (Wildman–Crippen LogP) is 4.42. The van der Waals surface area contributed by atoms with Crippen LogP contribution in [0.25, 0.3) is 0 Å². The summed E-state index contributed by atoms with van der Waals surface area (Å²) in [7, 11) is 0. The van der Waals surface area contributed by atoms with Crippen LogP contribution in [-0.4, -0.2) is 6.04 Å². The summed E-state index contributed by atoms with van der Waals surface area (Å²) in [4.78, 5) is 0. The third kappa shape index (κ3) is 3.81. The Balaban J connectivity index is 2.13. The van der Waals surface area contributed by atoms with E-state index in [1.807, 2.05) is 24.3 Å². The molecule has 20 heavy (non-hydrogen) atoms. The fourth-order valence-electron chi connectivity index (χ4n) is 1.87. The highest BCUT2D eigenvalue weighted by atomic mass is 19.1. The molecule has 0 heterocycles. The zero-order valence-electron chi connectivity index (χ0n) is 12.1. The summed E-state index contributed by atoms with van der Waals surface area (Å²) in [5, 5.41) is 3.34. The Morgan fingerprint density at radius 2 is 1.90 bits per heavy atom. The molecule has 0 amide bonds. The fraction of sp³-hybridized carbons (Fsp3) is 0.294. The quantitative estimate of drug-likeness (QED) is 0.870. The highest BCUT2D eigenvalue weighted by molar-refractivity contribution is 5.36. The van der Waals surface area contributed by atoms with Crippen LogP contribution in [0.5, 0.6) is 11.5 Å². The number of benzene rings is 2. The maximum absolute atomic E-state index is 13.9. The zero-order valence-corrected chi connectivity index (χ0v) is 12.1. The average molecular weight is 273 g/mol. The van der Waals surface area contributed by atoms with E-state index in [9.17, 15) is 4.39 Å². The Kier molecular flexibility index (Phi) is 4.74. The Bertz CT molecular complexity index is 581. The molecule has 0 aliphatic rings. The van der Waals surface area contributed by atoms with Crippen LogP contribution in [0.1, 0.15) is 25.0 Å². The molecular weight excluding hydrogens is 253 g/mol. The lowest BCUT2D eigenvalue weighted by Gasteiger charge is -2.11. The summed E-state index contributed by atoms with van der Waals surface area (Å²) < 4.78 is 19.5. The molecule has 0 saturated carbocycles. The van der Waals surface area contributed by atoms with Crippen molar-refractivity contribution in [1.29, 1.82) is 0 Å². The van der Waals surface area contributed by atoms with Crippen molar-refractivity contribution in [2.75, 3.05) is 0 Å². The van der Waals surface area contributed by atoms with E-state index in [-0.39, 0.29) is 11.6 Å². The lowest BCUT2D eigenvalue weighted by molar-refractivity contribution is 0.439. The van der Waals surface area contributed by atoms with Gasteiger partial charge in [-0.2, -0.15) is 0 Å². The normalized spacial score (nSPS) is 10.8. The molecule has 0 bridgehead atoms. The molecule has 0 spiro atoms. The molecule has 2 nitrogen and oxygen atoms in total. The van der Waals surface area contributed by atoms with Gasteiger partial charge in [-0.3, -0.25) is 0 Å². The van der Waals surface area contributed by atoms with Gasteiger partial charge >= 0.3 is 0 Å². The van der Waals surface area contributed by atoms with Gasteiger partial charge in [-0.25, -0.2) is 4.39 Å². The van der Waals surface area contributed by atoms with Gasteiger partial charge in [0.15, 0.2) is 11.6 Å². The summed E-state index contributed by atoms with van der Waals surface area (Å²) in [5.41, 5.74) is 1.70. The fourth-order valence-corrected chi connectivity index (χ4v) is 1.87. The summed E-state index contributed by atoms with van der Waals surface area (Å²) >= 11 is 0. The van der Waals surface area contributed by atoms with Gasteiger partial charge in [-0.15, -0.1) is 0 Å². The first kappa shape index (κ1) is 14.5. The molecule has 2 aromatic rings. The van der Waals surface area contributed by atoms with Gasteiger partial charge in [-0.1, -0.05) is 38.1 Å². The summed E-state index contributed by atoms with van der Waals surface area (Å²) in [6.45, 7) is 6.70. The predicted molar refractivity (Wildman–Crippen MR) is 79.6 cm³/mol. The molecule has 3 heteroatoms. The monoisotopic (exact) mass is 273 g/mol. The first-order valence-corrected chi connectivity index (χ1v) is 6.81. The summed E-state index contributed by atoms with van der Waals surface area (Å²) in [5.74, 6) is 0.606. The molecule has 0 fully saturated rings. The molecule has 1 N–H and O–H groups in total. The van der Waals surface area contributed by atoms with Crippen molar-refractivity contribution in [3.05, 3.63) is 59.4 Å². The van der Waals surface area contributed by atoms with E-state index < -0.39 is 0 Å². The molecule has 0 atom stereocenters. The van der Waals surface area contributed by atoms with Gasteiger partial charge in [0.1, 0.15) is 5.75 Å². The maximum Gasteiger partial charge on any atom is 0.168 e. The minimum Gasteiger partial charge on any atom is -0.454 e. The van der Waals surface area contributed by atoms with Gasteiger partial charge in [0, 0.05) is 12.6 Å². The highest BCUT2D eigenvalue weighted by Gasteiger charge is 2.07. The molecule has 0 aromatic heterocycles. The van der Waals surface area contributed by atoms with E-state index in [0.717, 1.165) is 12.1 Å². The lowest BCUT2D eigenvalue weighted by Crippen LogP contribution is -2.21. The second-order valence-electron chi connectivity index (χ2n) is 5.17. The van der Waals surface area contributed by atoms with Crippen LogP contribution in [0.15, 0.2) is 42.5 Å². The third-order valence-corrected chi connectivity index (χ3v) is 3.00. The van der Waals surface area contributed by atoms with Crippen molar-refractivity contribution >= 4 is 0 Å². The second kappa shape index (κ2) is 6.53. The van der Waals surface area contributed by atoms with Crippen LogP contribution < -0.4 is 10.1 Å². The Morgan fingerprint density at radius 1 is 1.15 bits per heavy atom. The molecule has 2 aromatic carbocycles. The molecule has 0 aliphatic carbocycles. The third-order valence-electron chi connectivity index (χ3n) is 3.00. The summed E-state index contributed by atoms with van der Waals surface area (Å²) in [6.07, 6.45) is 0. The minimum atomic E-state index is -0.307. The lowest BCUT2D eigenvalue weighted by atomic mass is 10.2. The molecule has 0 radical (unpaired) electrons. The first-order valence-electron chi connectivity index (χ1n) is 6.81. The van der Waals surface area contributed by atoms with Crippen LogP contribution in [0.3, 0.4) is 0 Å². The Labute approximate surface area is 119 Å². The van der Waals surface area contributed by atoms with Crippen LogP contribution >= 0.6 is 0 Å². The van der Waals surface area contributed by atoms with Crippen molar-refractivity contribution in [3.63, 3.8) is 0 Å². The summed E-state index contributed by atoms with van der Waals surface area (Å²) in [6, 6.07) is 13.3. The number of ether oxygens (including phenoxy) is 1.